The van der Waals surface area contributed by atoms with Crippen LogP contribution < -0.4 is 10.1 Å². The molecule has 3 heterocycles. The normalized spacial score (nSPS) is 15.5. The minimum atomic E-state index is -0.546. The van der Waals surface area contributed by atoms with Crippen LogP contribution in [0.5, 0.6) is 5.88 Å². The Labute approximate surface area is 186 Å². The van der Waals surface area contributed by atoms with E-state index in [9.17, 15) is 4.79 Å². The Morgan fingerprint density at radius 1 is 1.30 bits per heavy atom. The standard InChI is InChI=1S/C18H22Cl2N5O3.C2H6/c1-5-27-16-11-13(12(19)14(20)24-16)22-9-23-15(11)21-8-10-6-7-25(10)17(26)28-18(2,3)4;1-2/h7,9-10H,5-6,8H2,1-4H3,(H,21,22,23);1-2H3/q+1;. The monoisotopic (exact) mass is 456 g/mol. The SMILES string of the molecule is CC.CCOc1nc(Cl)c(Cl)c2ncnc(NCC3CC=[N+]3C(=O)OC(C)(C)C)c12. The summed E-state index contributed by atoms with van der Waals surface area (Å²) in [5, 5.41) is 4.14. The predicted molar refractivity (Wildman–Crippen MR) is 119 cm³/mol. The average molecular weight is 457 g/mol. The van der Waals surface area contributed by atoms with Gasteiger partial charge in [0.1, 0.15) is 33.7 Å². The quantitative estimate of drug-likeness (QED) is 0.502. The van der Waals surface area contributed by atoms with Crippen LogP contribution in [-0.2, 0) is 4.74 Å². The lowest BCUT2D eigenvalue weighted by atomic mass is 10.1. The molecule has 30 heavy (non-hydrogen) atoms. The van der Waals surface area contributed by atoms with E-state index in [4.69, 9.17) is 32.7 Å². The maximum Gasteiger partial charge on any atom is 0.596 e. The summed E-state index contributed by atoms with van der Waals surface area (Å²) in [4.78, 5) is 25.0. The van der Waals surface area contributed by atoms with E-state index in [-0.39, 0.29) is 22.3 Å². The molecule has 1 amide bonds. The Morgan fingerprint density at radius 2 is 2.00 bits per heavy atom. The number of rotatable bonds is 5. The number of nitrogens with one attached hydrogen (secondary N) is 1. The number of amides is 1. The smallest absolute Gasteiger partial charge is 0.477 e. The lowest BCUT2D eigenvalue weighted by molar-refractivity contribution is -0.508. The van der Waals surface area contributed by atoms with Crippen molar-refractivity contribution in [3.8, 4) is 5.88 Å². The highest BCUT2D eigenvalue weighted by Gasteiger charge is 2.39. The number of pyridine rings is 1. The van der Waals surface area contributed by atoms with Crippen molar-refractivity contribution in [1.82, 2.24) is 15.0 Å². The Kier molecular flexibility index (Phi) is 8.20. The number of carbonyl (C=O) groups excluding carboxylic acids is 1. The number of carbonyl (C=O) groups is 1. The Bertz CT molecular complexity index is 944. The van der Waals surface area contributed by atoms with E-state index < -0.39 is 5.60 Å². The first-order chi connectivity index (χ1) is 14.2. The first-order valence-corrected chi connectivity index (χ1v) is 10.7. The van der Waals surface area contributed by atoms with Gasteiger partial charge >= 0.3 is 6.09 Å². The van der Waals surface area contributed by atoms with Gasteiger partial charge < -0.3 is 14.8 Å². The molecule has 2 aromatic rings. The number of ether oxygens (including phenoxy) is 2. The highest BCUT2D eigenvalue weighted by atomic mass is 35.5. The van der Waals surface area contributed by atoms with Crippen molar-refractivity contribution in [3.05, 3.63) is 16.5 Å². The molecular formula is C20H28Cl2N5O3+. The van der Waals surface area contributed by atoms with Gasteiger partial charge in [-0.25, -0.2) is 9.97 Å². The third-order valence-corrected chi connectivity index (χ3v) is 4.74. The molecular weight excluding hydrogens is 429 g/mol. The van der Waals surface area contributed by atoms with E-state index in [1.54, 1.807) is 4.58 Å². The van der Waals surface area contributed by atoms with Crippen LogP contribution in [0.1, 0.15) is 48.0 Å². The summed E-state index contributed by atoms with van der Waals surface area (Å²) in [6.45, 7) is 12.2. The molecule has 1 atom stereocenters. The van der Waals surface area contributed by atoms with E-state index in [0.29, 0.717) is 35.8 Å². The van der Waals surface area contributed by atoms with Gasteiger partial charge in [-0.15, -0.1) is 4.58 Å². The molecule has 1 N–H and O–H groups in total. The van der Waals surface area contributed by atoms with Crippen molar-refractivity contribution in [2.45, 2.75) is 59.6 Å². The summed E-state index contributed by atoms with van der Waals surface area (Å²) in [5.41, 5.74) is -0.0955. The molecule has 164 valence electrons. The van der Waals surface area contributed by atoms with Crippen molar-refractivity contribution in [1.29, 1.82) is 0 Å². The zero-order chi connectivity index (χ0) is 22.5. The van der Waals surface area contributed by atoms with Crippen LogP contribution in [-0.4, -0.2) is 56.6 Å². The highest BCUT2D eigenvalue weighted by Crippen LogP contribution is 2.36. The van der Waals surface area contributed by atoms with Crippen LogP contribution in [0.25, 0.3) is 10.9 Å². The zero-order valence-corrected chi connectivity index (χ0v) is 19.6. The molecule has 10 heteroatoms. The average Bonchev–Trinajstić information content (AvgIpc) is 2.65. The summed E-state index contributed by atoms with van der Waals surface area (Å²) in [5.74, 6) is 0.815. The molecule has 0 bridgehead atoms. The van der Waals surface area contributed by atoms with Crippen molar-refractivity contribution in [2.24, 2.45) is 0 Å². The maximum absolute atomic E-state index is 12.3. The summed E-state index contributed by atoms with van der Waals surface area (Å²) >= 11 is 12.3. The molecule has 1 unspecified atom stereocenters. The first-order valence-electron chi connectivity index (χ1n) is 9.92. The molecule has 0 saturated heterocycles. The second-order valence-electron chi connectivity index (χ2n) is 7.24. The van der Waals surface area contributed by atoms with Crippen LogP contribution in [0.3, 0.4) is 0 Å². The molecule has 2 aromatic heterocycles. The molecule has 3 rings (SSSR count). The van der Waals surface area contributed by atoms with Gasteiger partial charge in [-0.2, -0.15) is 9.78 Å². The van der Waals surface area contributed by atoms with E-state index in [2.05, 4.69) is 20.3 Å². The fourth-order valence-electron chi connectivity index (χ4n) is 2.72. The van der Waals surface area contributed by atoms with Crippen molar-refractivity contribution >= 4 is 52.2 Å². The second-order valence-corrected chi connectivity index (χ2v) is 7.98. The topological polar surface area (TPSA) is 89.2 Å². The molecule has 0 saturated carbocycles. The summed E-state index contributed by atoms with van der Waals surface area (Å²) in [6, 6.07) is -0.0499. The van der Waals surface area contributed by atoms with Gasteiger partial charge in [0.05, 0.1) is 19.6 Å². The van der Waals surface area contributed by atoms with E-state index in [1.165, 1.54) is 6.33 Å². The van der Waals surface area contributed by atoms with Crippen molar-refractivity contribution < 1.29 is 18.8 Å². The molecule has 1 aliphatic rings. The number of aromatic nitrogens is 3. The van der Waals surface area contributed by atoms with Crippen LogP contribution in [0.2, 0.25) is 10.2 Å². The predicted octanol–water partition coefficient (Wildman–Crippen LogP) is 4.96. The largest absolute Gasteiger partial charge is 0.596 e. The Balaban J connectivity index is 0.00000155. The second kappa shape index (κ2) is 10.2. The number of halogens is 2. The van der Waals surface area contributed by atoms with Crippen LogP contribution in [0.4, 0.5) is 10.6 Å². The lowest BCUT2D eigenvalue weighted by Gasteiger charge is -2.23. The molecule has 0 spiro atoms. The van der Waals surface area contributed by atoms with Gasteiger partial charge in [-0.1, -0.05) is 37.0 Å². The minimum Gasteiger partial charge on any atom is -0.477 e. The number of anilines is 1. The molecule has 0 fully saturated rings. The van der Waals surface area contributed by atoms with E-state index in [0.717, 1.165) is 6.42 Å². The first kappa shape index (κ1) is 24.1. The molecule has 0 aliphatic carbocycles. The summed E-state index contributed by atoms with van der Waals surface area (Å²) < 4.78 is 12.6. The van der Waals surface area contributed by atoms with Crippen molar-refractivity contribution in [2.75, 3.05) is 18.5 Å². The fraction of sp³-hybridized carbons (Fsp3) is 0.550. The third kappa shape index (κ3) is 5.49. The maximum atomic E-state index is 12.3. The van der Waals surface area contributed by atoms with E-state index in [1.807, 2.05) is 47.8 Å². The van der Waals surface area contributed by atoms with Gasteiger partial charge in [0.25, 0.3) is 0 Å². The van der Waals surface area contributed by atoms with E-state index >= 15 is 0 Å². The summed E-state index contributed by atoms with van der Waals surface area (Å²) in [6.07, 6.45) is 3.58. The minimum absolute atomic E-state index is 0.0499. The van der Waals surface area contributed by atoms with Gasteiger partial charge in [0.2, 0.25) is 5.88 Å². The summed E-state index contributed by atoms with van der Waals surface area (Å²) in [7, 11) is 0. The molecule has 0 radical (unpaired) electrons. The van der Waals surface area contributed by atoms with Crippen LogP contribution >= 0.6 is 23.2 Å². The zero-order valence-electron chi connectivity index (χ0n) is 18.1. The fourth-order valence-corrected chi connectivity index (χ4v) is 3.07. The third-order valence-electron chi connectivity index (χ3n) is 4.01. The van der Waals surface area contributed by atoms with Crippen molar-refractivity contribution in [3.63, 3.8) is 0 Å². The van der Waals surface area contributed by atoms with Crippen LogP contribution in [0.15, 0.2) is 6.33 Å². The molecule has 8 nitrogen and oxygen atoms in total. The lowest BCUT2D eigenvalue weighted by Crippen LogP contribution is -2.47. The number of hydrogen-bond donors (Lipinski definition) is 1. The Hall–Kier alpha value is -2.19. The van der Waals surface area contributed by atoms with Gasteiger partial charge in [0.15, 0.2) is 17.4 Å². The number of fused-ring (bicyclic) bond motifs is 1. The van der Waals surface area contributed by atoms with Gasteiger partial charge in [-0.3, -0.25) is 0 Å². The van der Waals surface area contributed by atoms with Crippen LogP contribution in [0, 0.1) is 0 Å². The number of nitrogens with zero attached hydrogens (tertiary/aromatic N) is 4. The molecule has 1 aliphatic heterocycles. The van der Waals surface area contributed by atoms with Gasteiger partial charge in [-0.05, 0) is 27.7 Å². The van der Waals surface area contributed by atoms with Gasteiger partial charge in [0, 0.05) is 0 Å². The number of hydrogen-bond acceptors (Lipinski definition) is 7. The Morgan fingerprint density at radius 3 is 2.57 bits per heavy atom. The highest BCUT2D eigenvalue weighted by molar-refractivity contribution is 6.44. The molecule has 0 aromatic carbocycles.